The number of benzene rings is 1. The SMILES string of the molecule is CC(C(=O)Nc1c(F)c(F)c(F)c(F)c1F)N(C)CCO. The lowest BCUT2D eigenvalue weighted by Gasteiger charge is -2.23. The molecule has 0 radical (unpaired) electrons. The molecule has 1 aromatic rings. The number of likely N-dealkylation sites (N-methyl/N-ethyl adjacent to an activating group) is 1. The largest absolute Gasteiger partial charge is 0.395 e. The molecule has 21 heavy (non-hydrogen) atoms. The lowest BCUT2D eigenvalue weighted by atomic mass is 10.2. The van der Waals surface area contributed by atoms with Crippen molar-refractivity contribution in [2.45, 2.75) is 13.0 Å². The Labute approximate surface area is 117 Å². The van der Waals surface area contributed by atoms with Gasteiger partial charge in [0.15, 0.2) is 23.3 Å². The highest BCUT2D eigenvalue weighted by atomic mass is 19.2. The molecule has 0 fully saturated rings. The van der Waals surface area contributed by atoms with Crippen molar-refractivity contribution in [3.05, 3.63) is 29.1 Å². The Morgan fingerprint density at radius 1 is 1.10 bits per heavy atom. The first-order valence-corrected chi connectivity index (χ1v) is 5.85. The van der Waals surface area contributed by atoms with Gasteiger partial charge in [-0.3, -0.25) is 9.69 Å². The molecule has 0 aliphatic carbocycles. The molecule has 0 aliphatic heterocycles. The number of carbonyl (C=O) groups excluding carboxylic acids is 1. The second-order valence-corrected chi connectivity index (χ2v) is 4.31. The van der Waals surface area contributed by atoms with Gasteiger partial charge in [-0.1, -0.05) is 0 Å². The van der Waals surface area contributed by atoms with E-state index in [9.17, 15) is 26.7 Å². The Morgan fingerprint density at radius 3 is 1.95 bits per heavy atom. The summed E-state index contributed by atoms with van der Waals surface area (Å²) in [5.74, 6) is -11.8. The van der Waals surface area contributed by atoms with Gasteiger partial charge in [0.1, 0.15) is 5.69 Å². The highest BCUT2D eigenvalue weighted by Crippen LogP contribution is 2.27. The molecule has 0 aliphatic rings. The summed E-state index contributed by atoms with van der Waals surface area (Å²) in [4.78, 5) is 13.1. The molecule has 1 unspecified atom stereocenters. The normalized spacial score (nSPS) is 12.6. The van der Waals surface area contributed by atoms with Crippen LogP contribution in [0.5, 0.6) is 0 Å². The summed E-state index contributed by atoms with van der Waals surface area (Å²) in [6, 6.07) is -0.952. The van der Waals surface area contributed by atoms with E-state index in [4.69, 9.17) is 5.11 Å². The van der Waals surface area contributed by atoms with E-state index in [1.165, 1.54) is 18.9 Å². The van der Waals surface area contributed by atoms with Crippen LogP contribution >= 0.6 is 0 Å². The van der Waals surface area contributed by atoms with Gasteiger partial charge in [0, 0.05) is 6.54 Å². The van der Waals surface area contributed by atoms with Gasteiger partial charge in [0.2, 0.25) is 11.7 Å². The molecule has 0 heterocycles. The highest BCUT2D eigenvalue weighted by molar-refractivity contribution is 5.94. The van der Waals surface area contributed by atoms with E-state index < -0.39 is 46.7 Å². The number of amides is 1. The van der Waals surface area contributed by atoms with Crippen molar-refractivity contribution < 1.29 is 31.9 Å². The molecule has 118 valence electrons. The van der Waals surface area contributed by atoms with E-state index in [2.05, 4.69) is 0 Å². The maximum absolute atomic E-state index is 13.4. The van der Waals surface area contributed by atoms with Crippen molar-refractivity contribution in [1.29, 1.82) is 0 Å². The van der Waals surface area contributed by atoms with Crippen LogP contribution in [-0.4, -0.2) is 42.2 Å². The molecular formula is C12H13F5N2O2. The van der Waals surface area contributed by atoms with Crippen molar-refractivity contribution in [2.75, 3.05) is 25.5 Å². The summed E-state index contributed by atoms with van der Waals surface area (Å²) < 4.78 is 65.6. The summed E-state index contributed by atoms with van der Waals surface area (Å²) in [6.07, 6.45) is 0. The summed E-state index contributed by atoms with van der Waals surface area (Å²) in [6.45, 7) is 1.17. The Bertz CT molecular complexity index is 524. The number of anilines is 1. The number of nitrogens with zero attached hydrogens (tertiary/aromatic N) is 1. The number of aliphatic hydroxyl groups is 1. The van der Waals surface area contributed by atoms with Gasteiger partial charge in [-0.25, -0.2) is 22.0 Å². The predicted octanol–water partition coefficient (Wildman–Crippen LogP) is 1.63. The van der Waals surface area contributed by atoms with Gasteiger partial charge < -0.3 is 10.4 Å². The number of aliphatic hydroxyl groups excluding tert-OH is 1. The van der Waals surface area contributed by atoms with E-state index in [1.54, 1.807) is 5.32 Å². The van der Waals surface area contributed by atoms with Crippen LogP contribution in [0.2, 0.25) is 0 Å². The van der Waals surface area contributed by atoms with Crippen LogP contribution in [0.3, 0.4) is 0 Å². The third kappa shape index (κ3) is 3.48. The first kappa shape index (κ1) is 17.3. The number of carbonyl (C=O) groups is 1. The fourth-order valence-electron chi connectivity index (χ4n) is 1.49. The van der Waals surface area contributed by atoms with Crippen LogP contribution in [0.1, 0.15) is 6.92 Å². The average Bonchev–Trinajstić information content (AvgIpc) is 2.46. The monoisotopic (exact) mass is 312 g/mol. The van der Waals surface area contributed by atoms with Crippen molar-refractivity contribution in [1.82, 2.24) is 4.90 Å². The maximum atomic E-state index is 13.4. The second-order valence-electron chi connectivity index (χ2n) is 4.31. The number of hydrogen-bond acceptors (Lipinski definition) is 3. The zero-order valence-corrected chi connectivity index (χ0v) is 11.2. The first-order chi connectivity index (χ1) is 9.72. The van der Waals surface area contributed by atoms with Gasteiger partial charge in [-0.15, -0.1) is 0 Å². The highest BCUT2D eigenvalue weighted by Gasteiger charge is 2.28. The lowest BCUT2D eigenvalue weighted by molar-refractivity contribution is -0.120. The minimum Gasteiger partial charge on any atom is -0.395 e. The lowest BCUT2D eigenvalue weighted by Crippen LogP contribution is -2.41. The van der Waals surface area contributed by atoms with Crippen LogP contribution in [0.4, 0.5) is 27.6 Å². The topological polar surface area (TPSA) is 52.6 Å². The van der Waals surface area contributed by atoms with Crippen molar-refractivity contribution in [3.8, 4) is 0 Å². The molecule has 1 atom stereocenters. The Kier molecular flexibility index (Phi) is 5.62. The molecule has 1 amide bonds. The van der Waals surface area contributed by atoms with Gasteiger partial charge in [0.05, 0.1) is 12.6 Å². The smallest absolute Gasteiger partial charge is 0.241 e. The quantitative estimate of drug-likeness (QED) is 0.494. The molecule has 0 saturated heterocycles. The van der Waals surface area contributed by atoms with Crippen LogP contribution in [0, 0.1) is 29.1 Å². The molecule has 9 heteroatoms. The zero-order valence-electron chi connectivity index (χ0n) is 11.2. The Balaban J connectivity index is 3.06. The van der Waals surface area contributed by atoms with E-state index in [0.717, 1.165) is 0 Å². The van der Waals surface area contributed by atoms with Crippen LogP contribution in [0.15, 0.2) is 0 Å². The molecule has 1 rings (SSSR count). The fourth-order valence-corrected chi connectivity index (χ4v) is 1.49. The first-order valence-electron chi connectivity index (χ1n) is 5.85. The Morgan fingerprint density at radius 2 is 1.52 bits per heavy atom. The summed E-state index contributed by atoms with van der Waals surface area (Å²) in [5.41, 5.74) is -1.40. The number of hydrogen-bond donors (Lipinski definition) is 2. The maximum Gasteiger partial charge on any atom is 0.241 e. The average molecular weight is 312 g/mol. The van der Waals surface area contributed by atoms with Gasteiger partial charge in [0.25, 0.3) is 0 Å². The van der Waals surface area contributed by atoms with E-state index in [0.29, 0.717) is 0 Å². The zero-order chi connectivity index (χ0) is 16.3. The van der Waals surface area contributed by atoms with Gasteiger partial charge in [-0.2, -0.15) is 0 Å². The molecule has 4 nitrogen and oxygen atoms in total. The minimum absolute atomic E-state index is 0.0890. The van der Waals surface area contributed by atoms with Gasteiger partial charge in [-0.05, 0) is 14.0 Å². The third-order valence-corrected chi connectivity index (χ3v) is 2.95. The molecule has 0 saturated carbocycles. The predicted molar refractivity (Wildman–Crippen MR) is 64.0 cm³/mol. The standard InChI is InChI=1S/C12H13F5N2O2/c1-5(19(2)3-4-20)12(21)18-11-9(16)7(14)6(13)8(15)10(11)17/h5,20H,3-4H2,1-2H3,(H,18,21). The van der Waals surface area contributed by atoms with Gasteiger partial charge >= 0.3 is 0 Å². The number of halogens is 5. The van der Waals surface area contributed by atoms with E-state index in [-0.39, 0.29) is 13.2 Å². The minimum atomic E-state index is -2.30. The fraction of sp³-hybridized carbons (Fsp3) is 0.417. The molecule has 0 bridgehead atoms. The van der Waals surface area contributed by atoms with E-state index >= 15 is 0 Å². The summed E-state index contributed by atoms with van der Waals surface area (Å²) in [7, 11) is 1.44. The Hall–Kier alpha value is -1.74. The second kappa shape index (κ2) is 6.81. The molecule has 2 N–H and O–H groups in total. The molecular weight excluding hydrogens is 299 g/mol. The third-order valence-electron chi connectivity index (χ3n) is 2.95. The number of rotatable bonds is 5. The molecule has 0 spiro atoms. The van der Waals surface area contributed by atoms with E-state index in [1.807, 2.05) is 0 Å². The van der Waals surface area contributed by atoms with Crippen molar-refractivity contribution in [3.63, 3.8) is 0 Å². The number of nitrogens with one attached hydrogen (secondary N) is 1. The van der Waals surface area contributed by atoms with Crippen molar-refractivity contribution >= 4 is 11.6 Å². The summed E-state index contributed by atoms with van der Waals surface area (Å²) >= 11 is 0. The van der Waals surface area contributed by atoms with Crippen molar-refractivity contribution in [2.24, 2.45) is 0 Å². The summed E-state index contributed by atoms with van der Waals surface area (Å²) in [5, 5.41) is 10.4. The molecule has 0 aromatic heterocycles. The van der Waals surface area contributed by atoms with Crippen LogP contribution in [-0.2, 0) is 4.79 Å². The molecule has 1 aromatic carbocycles. The van der Waals surface area contributed by atoms with Crippen LogP contribution in [0.25, 0.3) is 0 Å². The van der Waals surface area contributed by atoms with Crippen LogP contribution < -0.4 is 5.32 Å².